The Kier molecular flexibility index (Phi) is 138. The molecule has 7 N–H and O–H groups in total. The molecular formula is C33H79N7O16S. The van der Waals surface area contributed by atoms with Crippen molar-refractivity contribution >= 4 is 65.7 Å². The van der Waals surface area contributed by atoms with Crippen molar-refractivity contribution in [3.63, 3.8) is 0 Å². The van der Waals surface area contributed by atoms with Gasteiger partial charge >= 0.3 is 36.3 Å². The number of esters is 2. The van der Waals surface area contributed by atoms with Crippen molar-refractivity contribution in [2.24, 2.45) is 0 Å². The minimum Gasteiger partial charge on any atom is -0.469 e. The number of ketones is 1. The van der Waals surface area contributed by atoms with Gasteiger partial charge in [0, 0.05) is 84.2 Å². The fraction of sp³-hybridized carbons (Fsp3) is 0.727. The third kappa shape index (κ3) is 341. The molecule has 0 saturated heterocycles. The van der Waals surface area contributed by atoms with E-state index in [-0.39, 0.29) is 35.6 Å². The summed E-state index contributed by atoms with van der Waals surface area (Å²) in [5.41, 5.74) is 0. The highest BCUT2D eigenvalue weighted by Crippen LogP contribution is 1.72. The number of amides is 6. The van der Waals surface area contributed by atoms with E-state index in [1.54, 1.807) is 54.2 Å². The molecule has 348 valence electrons. The number of methoxy groups -OCH3 is 7. The van der Waals surface area contributed by atoms with Crippen LogP contribution in [0.25, 0.3) is 0 Å². The van der Waals surface area contributed by atoms with Gasteiger partial charge in [0.15, 0.2) is 0 Å². The first kappa shape index (κ1) is 84.5. The zero-order chi connectivity index (χ0) is 48.8. The summed E-state index contributed by atoms with van der Waals surface area (Å²) in [5, 5.41) is 16.8. The molecule has 0 fully saturated rings. The second-order valence-corrected chi connectivity index (χ2v) is 9.02. The lowest BCUT2D eigenvalue weighted by molar-refractivity contribution is -0.138. The summed E-state index contributed by atoms with van der Waals surface area (Å²) >= 11 is 1.75. The van der Waals surface area contributed by atoms with E-state index in [9.17, 15) is 43.2 Å². The van der Waals surface area contributed by atoms with E-state index in [1.807, 2.05) is 26.6 Å². The number of carbonyl (C=O) groups is 9. The molecule has 0 aliphatic carbocycles. The molecule has 0 heterocycles. The fourth-order valence-corrected chi connectivity index (χ4v) is 0.412. The maximum atomic E-state index is 9.96. The van der Waals surface area contributed by atoms with Gasteiger partial charge in [0.25, 0.3) is 0 Å². The number of hydrogen-bond donors (Lipinski definition) is 7. The van der Waals surface area contributed by atoms with Crippen molar-refractivity contribution in [2.75, 3.05) is 126 Å². The van der Waals surface area contributed by atoms with E-state index < -0.39 is 18.3 Å². The molecule has 24 heteroatoms. The highest BCUT2D eigenvalue weighted by atomic mass is 32.2. The Hall–Kier alpha value is -5.10. The largest absolute Gasteiger partial charge is 0.507 e. The van der Waals surface area contributed by atoms with Crippen LogP contribution in [-0.2, 0) is 57.1 Å². The van der Waals surface area contributed by atoms with Crippen LogP contribution in [0, 0.1) is 0 Å². The average molecular weight is 862 g/mol. The molecule has 0 radical (unpaired) electrons. The molecule has 0 aliphatic rings. The van der Waals surface area contributed by atoms with Crippen LogP contribution in [0.5, 0.6) is 0 Å². The fourth-order valence-electron chi connectivity index (χ4n) is 0.412. The number of rotatable bonds is 0. The van der Waals surface area contributed by atoms with Gasteiger partial charge in [0.1, 0.15) is 5.78 Å². The Bertz CT molecular complexity index is 737. The van der Waals surface area contributed by atoms with Crippen LogP contribution in [0.1, 0.15) is 41.5 Å². The number of ether oxygens (including phenoxy) is 7. The van der Waals surface area contributed by atoms with Crippen LogP contribution in [0.4, 0.5) is 19.2 Å². The van der Waals surface area contributed by atoms with Crippen molar-refractivity contribution in [1.29, 1.82) is 0 Å². The number of Topliss-reactive ketones (excluding diaryl/α,β-unsaturated/α-hetero) is 1. The van der Waals surface area contributed by atoms with Gasteiger partial charge in [-0.1, -0.05) is 0 Å². The van der Waals surface area contributed by atoms with Crippen LogP contribution in [0.2, 0.25) is 0 Å². The van der Waals surface area contributed by atoms with E-state index in [4.69, 9.17) is 0 Å². The topological polar surface area (TPSA) is 302 Å². The number of urea groups is 1. The number of carbonyl (C=O) groups excluding carboxylic acids is 9. The van der Waals surface area contributed by atoms with Gasteiger partial charge in [0.2, 0.25) is 11.8 Å². The number of alkyl carbamates (subject to hydrolysis) is 2. The normalized spacial score (nSPS) is 6.74. The van der Waals surface area contributed by atoms with Gasteiger partial charge in [0.05, 0.1) is 42.7 Å². The molecule has 0 spiro atoms. The summed E-state index contributed by atoms with van der Waals surface area (Å²) in [4.78, 5) is 87.4. The van der Waals surface area contributed by atoms with E-state index in [2.05, 4.69) is 70.4 Å². The highest BCUT2D eigenvalue weighted by molar-refractivity contribution is 7.97. The first-order valence-corrected chi connectivity index (χ1v) is 17.3. The number of hydrogen-bond acceptors (Lipinski definition) is 18. The highest BCUT2D eigenvalue weighted by Gasteiger charge is 1.89. The zero-order valence-electron chi connectivity index (χ0n) is 38.9. The van der Waals surface area contributed by atoms with Crippen molar-refractivity contribution in [1.82, 2.24) is 37.2 Å². The van der Waals surface area contributed by atoms with Gasteiger partial charge < -0.3 is 75.2 Å². The van der Waals surface area contributed by atoms with Crippen LogP contribution in [-0.4, -0.2) is 180 Å². The molecule has 6 amide bonds. The third-order valence-electron chi connectivity index (χ3n) is 2.85. The molecule has 23 nitrogen and oxygen atoms in total. The maximum Gasteiger partial charge on any atom is 0.507 e. The molecule has 0 unspecified atom stereocenters. The van der Waals surface area contributed by atoms with Crippen molar-refractivity contribution in [2.45, 2.75) is 41.5 Å². The molecule has 0 rings (SSSR count). The number of thioether (sulfide) groups is 1. The van der Waals surface area contributed by atoms with E-state index in [1.165, 1.54) is 98.3 Å². The van der Waals surface area contributed by atoms with Crippen molar-refractivity contribution in [3.05, 3.63) is 0 Å². The van der Waals surface area contributed by atoms with Gasteiger partial charge in [-0.3, -0.25) is 19.2 Å². The first-order chi connectivity index (χ1) is 26.3. The molecule has 0 aromatic heterocycles. The SMILES string of the molecule is CC(C)=O.CNC.CNC(=O)NC.CNC(=O)OC.CNC(=O)OC.CNC(C)=O.CNC(C)=O.COC.COC(=O)OC.COC(C)=O.COC(C)=O.CSC. The van der Waals surface area contributed by atoms with Gasteiger partial charge in [-0.05, 0) is 40.5 Å². The smallest absolute Gasteiger partial charge is 0.469 e. The predicted molar refractivity (Wildman–Crippen MR) is 224 cm³/mol. The Morgan fingerprint density at radius 2 is 0.544 bits per heavy atom. The van der Waals surface area contributed by atoms with Crippen molar-refractivity contribution in [3.8, 4) is 0 Å². The maximum absolute atomic E-state index is 9.96. The Balaban J connectivity index is -0.0000000390. The van der Waals surface area contributed by atoms with Crippen LogP contribution >= 0.6 is 11.8 Å². The lowest BCUT2D eigenvalue weighted by atomic mass is 10.6. The minimum absolute atomic E-state index is 0.00463. The Morgan fingerprint density at radius 1 is 0.386 bits per heavy atom. The van der Waals surface area contributed by atoms with E-state index in [0.717, 1.165) is 0 Å². The molecule has 0 aromatic rings. The quantitative estimate of drug-likeness (QED) is 0.134. The van der Waals surface area contributed by atoms with Gasteiger partial charge in [-0.15, -0.1) is 0 Å². The second kappa shape index (κ2) is 93.1. The average Bonchev–Trinajstić information content (AvgIpc) is 3.18. The summed E-state index contributed by atoms with van der Waals surface area (Å²) in [7, 11) is 24.2. The summed E-state index contributed by atoms with van der Waals surface area (Å²) in [6, 6.07) is -0.157. The van der Waals surface area contributed by atoms with Gasteiger partial charge in [-0.2, -0.15) is 11.8 Å². The molecule has 0 bridgehead atoms. The van der Waals surface area contributed by atoms with Crippen molar-refractivity contribution < 1.29 is 76.3 Å². The molecule has 0 aromatic carbocycles. The number of nitrogens with one attached hydrogen (secondary N) is 7. The summed E-state index contributed by atoms with van der Waals surface area (Å²) in [5.74, 6) is -0.315. The first-order valence-electron chi connectivity index (χ1n) is 15.6. The monoisotopic (exact) mass is 862 g/mol. The Labute approximate surface area is 346 Å². The summed E-state index contributed by atoms with van der Waals surface area (Å²) < 4.78 is 28.8. The van der Waals surface area contributed by atoms with E-state index in [0.29, 0.717) is 0 Å². The standard InChI is InChI=1S/C3H8N2O.2C3H7NO2.2C3H7NO.C3H6O3.2C3H6O2.C3H6O.C2H7N.C2H6O.C2H6S/c1-4-3(6)5-2;2*1-4-3(5)6-2;2*1-3(5)4-2;1-5-3(4)6-2;2*1-3(4)5-2;1-3(2)4;3*1-3-2/h1-2H3,(H2,4,5,6);2*1-2H3,(H,4,5);2*1-2H3,(H,4,5);1-2H3;2*1-2H3;1-2H3;3H,1-2H3;2*1-2H3. The molecule has 0 aliphatic heterocycles. The molecular weight excluding hydrogens is 782 g/mol. The molecule has 0 atom stereocenters. The van der Waals surface area contributed by atoms with E-state index >= 15 is 0 Å². The van der Waals surface area contributed by atoms with Crippen LogP contribution < -0.4 is 37.2 Å². The molecule has 0 saturated carbocycles. The zero-order valence-corrected chi connectivity index (χ0v) is 39.8. The Morgan fingerprint density at radius 3 is 0.544 bits per heavy atom. The lowest BCUT2D eigenvalue weighted by Gasteiger charge is -1.91. The van der Waals surface area contributed by atoms with Crippen LogP contribution in [0.3, 0.4) is 0 Å². The molecule has 57 heavy (non-hydrogen) atoms. The third-order valence-corrected chi connectivity index (χ3v) is 2.85. The second-order valence-electron chi connectivity index (χ2n) is 8.20. The lowest BCUT2D eigenvalue weighted by Crippen LogP contribution is -2.28. The summed E-state index contributed by atoms with van der Waals surface area (Å²) in [6.45, 7) is 8.72. The van der Waals surface area contributed by atoms with Gasteiger partial charge in [-0.25, -0.2) is 19.2 Å². The summed E-state index contributed by atoms with van der Waals surface area (Å²) in [6.07, 6.45) is 2.61. The van der Waals surface area contributed by atoms with Crippen LogP contribution in [0.15, 0.2) is 0 Å². The minimum atomic E-state index is -0.657. The predicted octanol–water partition coefficient (Wildman–Crippen LogP) is 1.42.